The molecule has 0 fully saturated rings. The van der Waals surface area contributed by atoms with E-state index in [1.54, 1.807) is 0 Å². The molecule has 80 valence electrons. The van der Waals surface area contributed by atoms with Gasteiger partial charge in [0, 0.05) is 17.2 Å². The quantitative estimate of drug-likeness (QED) is 0.705. The summed E-state index contributed by atoms with van der Waals surface area (Å²) < 4.78 is 1.16. The molecule has 2 aromatic rings. The Hall–Kier alpha value is -1.28. The molecule has 0 aliphatic heterocycles. The number of rotatable bonds is 1. The molecular formula is C14H12BrN. The molecule has 0 heterocycles. The van der Waals surface area contributed by atoms with Crippen LogP contribution in [0.3, 0.4) is 0 Å². The van der Waals surface area contributed by atoms with Crippen LogP contribution in [0, 0.1) is 0 Å². The summed E-state index contributed by atoms with van der Waals surface area (Å²) in [5.74, 6) is 0. The fourth-order valence-electron chi connectivity index (χ4n) is 2.33. The van der Waals surface area contributed by atoms with E-state index < -0.39 is 0 Å². The lowest BCUT2D eigenvalue weighted by Gasteiger charge is -2.04. The first kappa shape index (κ1) is 9.91. The predicted octanol–water partition coefficient (Wildman–Crippen LogP) is 4.06. The Balaban J connectivity index is 2.16. The smallest absolute Gasteiger partial charge is 0.0340 e. The Kier molecular flexibility index (Phi) is 2.25. The standard InChI is InChI=1S/C14H12BrN/c1-16-12-3-5-14-10(8-12)6-9-7-11(15)2-4-13(9)14/h2-5,7-8,16H,6H2,1H3. The van der Waals surface area contributed by atoms with Gasteiger partial charge in [0.2, 0.25) is 0 Å². The summed E-state index contributed by atoms with van der Waals surface area (Å²) in [7, 11) is 1.96. The van der Waals surface area contributed by atoms with Crippen LogP contribution < -0.4 is 5.32 Å². The topological polar surface area (TPSA) is 12.0 Å². The molecule has 0 radical (unpaired) electrons. The second kappa shape index (κ2) is 3.63. The van der Waals surface area contributed by atoms with Crippen LogP contribution in [0.25, 0.3) is 11.1 Å². The molecule has 2 heteroatoms. The maximum absolute atomic E-state index is 3.53. The van der Waals surface area contributed by atoms with Crippen LogP contribution in [0.4, 0.5) is 5.69 Å². The Morgan fingerprint density at radius 1 is 1.00 bits per heavy atom. The summed E-state index contributed by atoms with van der Waals surface area (Å²) >= 11 is 3.53. The van der Waals surface area contributed by atoms with Crippen LogP contribution in [-0.2, 0) is 6.42 Å². The van der Waals surface area contributed by atoms with Crippen molar-refractivity contribution in [1.29, 1.82) is 0 Å². The second-order valence-corrected chi connectivity index (χ2v) is 5.02. The highest BCUT2D eigenvalue weighted by atomic mass is 79.9. The summed E-state index contributed by atoms with van der Waals surface area (Å²) in [6.07, 6.45) is 1.04. The summed E-state index contributed by atoms with van der Waals surface area (Å²) in [6.45, 7) is 0. The van der Waals surface area contributed by atoms with Crippen molar-refractivity contribution in [1.82, 2.24) is 0 Å². The maximum atomic E-state index is 3.53. The average Bonchev–Trinajstić information content (AvgIpc) is 2.64. The van der Waals surface area contributed by atoms with Gasteiger partial charge in [-0.1, -0.05) is 28.1 Å². The molecule has 0 atom stereocenters. The zero-order valence-electron chi connectivity index (χ0n) is 9.05. The first-order chi connectivity index (χ1) is 7.78. The van der Waals surface area contributed by atoms with Crippen molar-refractivity contribution in [3.63, 3.8) is 0 Å². The van der Waals surface area contributed by atoms with Crippen molar-refractivity contribution >= 4 is 21.6 Å². The summed E-state index contributed by atoms with van der Waals surface area (Å²) in [4.78, 5) is 0. The van der Waals surface area contributed by atoms with Crippen LogP contribution in [0.2, 0.25) is 0 Å². The molecule has 2 aromatic carbocycles. The first-order valence-electron chi connectivity index (χ1n) is 5.37. The lowest BCUT2D eigenvalue weighted by Crippen LogP contribution is -1.89. The summed E-state index contributed by atoms with van der Waals surface area (Å²) in [6, 6.07) is 13.1. The molecule has 0 saturated carbocycles. The minimum Gasteiger partial charge on any atom is -0.388 e. The molecule has 0 amide bonds. The minimum absolute atomic E-state index is 1.04. The zero-order chi connectivity index (χ0) is 11.1. The van der Waals surface area contributed by atoms with Gasteiger partial charge in [-0.05, 0) is 52.9 Å². The molecule has 0 unspecified atom stereocenters. The number of hydrogen-bond donors (Lipinski definition) is 1. The highest BCUT2D eigenvalue weighted by Crippen LogP contribution is 2.38. The van der Waals surface area contributed by atoms with Crippen molar-refractivity contribution in [3.05, 3.63) is 52.0 Å². The van der Waals surface area contributed by atoms with Gasteiger partial charge in [0.1, 0.15) is 0 Å². The van der Waals surface area contributed by atoms with Gasteiger partial charge in [-0.3, -0.25) is 0 Å². The lowest BCUT2D eigenvalue weighted by atomic mass is 10.1. The first-order valence-corrected chi connectivity index (χ1v) is 6.17. The number of fused-ring (bicyclic) bond motifs is 3. The zero-order valence-corrected chi connectivity index (χ0v) is 10.6. The Labute approximate surface area is 104 Å². The molecule has 1 aliphatic carbocycles. The van der Waals surface area contributed by atoms with E-state index in [4.69, 9.17) is 0 Å². The third-order valence-electron chi connectivity index (χ3n) is 3.13. The second-order valence-electron chi connectivity index (χ2n) is 4.10. The number of hydrogen-bond acceptors (Lipinski definition) is 1. The van der Waals surface area contributed by atoms with Crippen molar-refractivity contribution < 1.29 is 0 Å². The van der Waals surface area contributed by atoms with Crippen LogP contribution in [0.15, 0.2) is 40.9 Å². The molecular weight excluding hydrogens is 262 g/mol. The van der Waals surface area contributed by atoms with Gasteiger partial charge in [-0.15, -0.1) is 0 Å². The highest BCUT2D eigenvalue weighted by Gasteiger charge is 2.18. The minimum atomic E-state index is 1.04. The van der Waals surface area contributed by atoms with Gasteiger partial charge >= 0.3 is 0 Å². The van der Waals surface area contributed by atoms with Crippen molar-refractivity contribution in [2.75, 3.05) is 12.4 Å². The fourth-order valence-corrected chi connectivity index (χ4v) is 2.74. The fraction of sp³-hybridized carbons (Fsp3) is 0.143. The van der Waals surface area contributed by atoms with Crippen molar-refractivity contribution in [2.45, 2.75) is 6.42 Å². The van der Waals surface area contributed by atoms with Crippen LogP contribution >= 0.6 is 15.9 Å². The third-order valence-corrected chi connectivity index (χ3v) is 3.63. The molecule has 1 N–H and O–H groups in total. The van der Waals surface area contributed by atoms with Gasteiger partial charge in [0.05, 0.1) is 0 Å². The van der Waals surface area contributed by atoms with E-state index in [1.807, 2.05) is 7.05 Å². The van der Waals surface area contributed by atoms with Crippen molar-refractivity contribution in [2.24, 2.45) is 0 Å². The van der Waals surface area contributed by atoms with Crippen molar-refractivity contribution in [3.8, 4) is 11.1 Å². The van der Waals surface area contributed by atoms with Gasteiger partial charge < -0.3 is 5.32 Å². The van der Waals surface area contributed by atoms with Crippen LogP contribution in [-0.4, -0.2) is 7.05 Å². The van der Waals surface area contributed by atoms with Gasteiger partial charge in [0.25, 0.3) is 0 Å². The van der Waals surface area contributed by atoms with Gasteiger partial charge in [-0.2, -0.15) is 0 Å². The number of anilines is 1. The van der Waals surface area contributed by atoms with Gasteiger partial charge in [0.15, 0.2) is 0 Å². The maximum Gasteiger partial charge on any atom is 0.0340 e. The van der Waals surface area contributed by atoms with E-state index in [1.165, 1.54) is 27.9 Å². The SMILES string of the molecule is CNc1ccc2c(c1)Cc1cc(Br)ccc1-2. The molecule has 0 bridgehead atoms. The predicted molar refractivity (Wildman–Crippen MR) is 71.9 cm³/mol. The van der Waals surface area contributed by atoms with E-state index in [-0.39, 0.29) is 0 Å². The third kappa shape index (κ3) is 1.45. The molecule has 1 aliphatic rings. The Morgan fingerprint density at radius 2 is 1.69 bits per heavy atom. The number of nitrogens with one attached hydrogen (secondary N) is 1. The van der Waals surface area contributed by atoms with Crippen LogP contribution in [0.1, 0.15) is 11.1 Å². The molecule has 3 rings (SSSR count). The molecule has 1 nitrogen and oxygen atoms in total. The monoisotopic (exact) mass is 273 g/mol. The Morgan fingerprint density at radius 3 is 2.44 bits per heavy atom. The summed E-state index contributed by atoms with van der Waals surface area (Å²) in [5.41, 5.74) is 6.77. The Bertz CT molecular complexity index is 561. The lowest BCUT2D eigenvalue weighted by molar-refractivity contribution is 1.26. The largest absolute Gasteiger partial charge is 0.388 e. The van der Waals surface area contributed by atoms with E-state index >= 15 is 0 Å². The molecule has 0 spiro atoms. The molecule has 16 heavy (non-hydrogen) atoms. The van der Waals surface area contributed by atoms with E-state index in [9.17, 15) is 0 Å². The van der Waals surface area contributed by atoms with E-state index in [2.05, 4.69) is 57.6 Å². The average molecular weight is 274 g/mol. The summed E-state index contributed by atoms with van der Waals surface area (Å²) in [5, 5.41) is 3.19. The van der Waals surface area contributed by atoms with Gasteiger partial charge in [-0.25, -0.2) is 0 Å². The normalized spacial score (nSPS) is 12.1. The number of benzene rings is 2. The van der Waals surface area contributed by atoms with Crippen LogP contribution in [0.5, 0.6) is 0 Å². The number of halogens is 1. The molecule has 0 aromatic heterocycles. The van der Waals surface area contributed by atoms with E-state index in [0.717, 1.165) is 10.9 Å². The van der Waals surface area contributed by atoms with E-state index in [0.29, 0.717) is 0 Å². The highest BCUT2D eigenvalue weighted by molar-refractivity contribution is 9.10. The molecule has 0 saturated heterocycles.